The van der Waals surface area contributed by atoms with Crippen molar-refractivity contribution in [3.63, 3.8) is 0 Å². The van der Waals surface area contributed by atoms with E-state index in [1.807, 2.05) is 0 Å². The Balaban J connectivity index is 3.75. The molecule has 1 radical (unpaired) electrons. The summed E-state index contributed by atoms with van der Waals surface area (Å²) < 4.78 is 23.3. The van der Waals surface area contributed by atoms with Crippen molar-refractivity contribution in [1.82, 2.24) is 4.72 Å². The van der Waals surface area contributed by atoms with Gasteiger partial charge in [-0.15, -0.1) is 0 Å². The Labute approximate surface area is 55.8 Å². The quantitative estimate of drug-likeness (QED) is 0.622. The van der Waals surface area contributed by atoms with E-state index in [1.165, 1.54) is 0 Å². The average molecular weight is 148 g/mol. The van der Waals surface area contributed by atoms with Gasteiger partial charge in [0.2, 0.25) is 10.0 Å². The topological polar surface area (TPSA) is 46.2 Å². The van der Waals surface area contributed by atoms with Gasteiger partial charge in [-0.25, -0.2) is 13.1 Å². The molecule has 0 aliphatic heterocycles. The fraction of sp³-hybridized carbons (Fsp3) is 0.400. The van der Waals surface area contributed by atoms with Crippen LogP contribution in [0.3, 0.4) is 0 Å². The maximum Gasteiger partial charge on any atom is 0.233 e. The summed E-state index contributed by atoms with van der Waals surface area (Å²) in [5.41, 5.74) is 0. The lowest BCUT2D eigenvalue weighted by molar-refractivity contribution is 0.591. The fourth-order valence-electron chi connectivity index (χ4n) is 0.273. The first kappa shape index (κ1) is 8.65. The highest BCUT2D eigenvalue weighted by Gasteiger charge is 1.98. The molecule has 0 bridgehead atoms. The van der Waals surface area contributed by atoms with E-state index in [0.29, 0.717) is 13.0 Å². The van der Waals surface area contributed by atoms with Gasteiger partial charge in [-0.3, -0.25) is 0 Å². The molecule has 0 heterocycles. The number of nitrogens with one attached hydrogen (secondary N) is 1. The largest absolute Gasteiger partial charge is 0.233 e. The van der Waals surface area contributed by atoms with Gasteiger partial charge in [0, 0.05) is 12.0 Å². The fourth-order valence-corrected chi connectivity index (χ4v) is 0.820. The van der Waals surface area contributed by atoms with Crippen molar-refractivity contribution in [2.45, 2.75) is 6.42 Å². The van der Waals surface area contributed by atoms with Crippen LogP contribution in [0.25, 0.3) is 0 Å². The molecular weight excluding hydrogens is 138 g/mol. The van der Waals surface area contributed by atoms with E-state index in [0.717, 1.165) is 5.41 Å². The summed E-state index contributed by atoms with van der Waals surface area (Å²) in [6.07, 6.45) is 0.549. The first-order valence-corrected chi connectivity index (χ1v) is 4.08. The lowest BCUT2D eigenvalue weighted by atomic mass is 10.5. The molecule has 0 spiro atoms. The summed E-state index contributed by atoms with van der Waals surface area (Å²) >= 11 is 0. The lowest BCUT2D eigenvalue weighted by Gasteiger charge is -1.96. The monoisotopic (exact) mass is 148 g/mol. The first-order chi connectivity index (χ1) is 4.12. The van der Waals surface area contributed by atoms with E-state index >= 15 is 0 Å². The minimum Gasteiger partial charge on any atom is -0.212 e. The van der Waals surface area contributed by atoms with Crippen LogP contribution < -0.4 is 4.72 Å². The molecule has 0 saturated carbocycles. The second-order valence-electron chi connectivity index (χ2n) is 1.46. The maximum atomic E-state index is 10.5. The normalized spacial score (nSPS) is 11.2. The van der Waals surface area contributed by atoms with Crippen LogP contribution in [0.5, 0.6) is 0 Å². The van der Waals surface area contributed by atoms with Gasteiger partial charge in [-0.1, -0.05) is 13.5 Å². The van der Waals surface area contributed by atoms with Crippen LogP contribution in [0, 0.1) is 6.92 Å². The van der Waals surface area contributed by atoms with Crippen molar-refractivity contribution in [3.05, 3.63) is 18.9 Å². The highest BCUT2D eigenvalue weighted by molar-refractivity contribution is 7.92. The Morgan fingerprint density at radius 1 is 1.56 bits per heavy atom. The van der Waals surface area contributed by atoms with Gasteiger partial charge in [-0.2, -0.15) is 0 Å². The molecular formula is C5H10NO2S. The average Bonchev–Trinajstić information content (AvgIpc) is 1.84. The zero-order chi connectivity index (χ0) is 7.33. The minimum atomic E-state index is -3.21. The molecule has 0 unspecified atom stereocenters. The van der Waals surface area contributed by atoms with Gasteiger partial charge in [0.05, 0.1) is 0 Å². The maximum absolute atomic E-state index is 10.5. The summed E-state index contributed by atoms with van der Waals surface area (Å²) in [7, 11) is -3.21. The molecule has 0 atom stereocenters. The van der Waals surface area contributed by atoms with E-state index in [9.17, 15) is 8.42 Å². The van der Waals surface area contributed by atoms with Crippen LogP contribution in [0.2, 0.25) is 0 Å². The van der Waals surface area contributed by atoms with Crippen LogP contribution in [0.4, 0.5) is 0 Å². The molecule has 0 aromatic rings. The van der Waals surface area contributed by atoms with E-state index in [1.54, 1.807) is 0 Å². The predicted molar refractivity (Wildman–Crippen MR) is 37.1 cm³/mol. The Morgan fingerprint density at radius 2 is 2.11 bits per heavy atom. The highest BCUT2D eigenvalue weighted by atomic mass is 32.2. The van der Waals surface area contributed by atoms with Crippen LogP contribution in [0.1, 0.15) is 6.42 Å². The molecule has 0 fully saturated rings. The Morgan fingerprint density at radius 3 is 2.44 bits per heavy atom. The number of hydrogen-bond donors (Lipinski definition) is 1. The van der Waals surface area contributed by atoms with E-state index < -0.39 is 10.0 Å². The molecule has 0 aliphatic rings. The Bertz CT molecular complexity index is 171. The number of hydrogen-bond acceptors (Lipinski definition) is 2. The minimum absolute atomic E-state index is 0.369. The number of sulfonamides is 1. The standard InChI is InChI=1S/C5H10NO2S/c1-3-5-6-9(7,8)4-2/h4,6H,1-3,5H2. The third-order valence-electron chi connectivity index (χ3n) is 0.699. The molecule has 0 amide bonds. The molecule has 53 valence electrons. The molecule has 0 saturated heterocycles. The van der Waals surface area contributed by atoms with Gasteiger partial charge >= 0.3 is 0 Å². The van der Waals surface area contributed by atoms with Crippen molar-refractivity contribution in [2.24, 2.45) is 0 Å². The van der Waals surface area contributed by atoms with Gasteiger partial charge in [0.25, 0.3) is 0 Å². The number of rotatable bonds is 4. The smallest absolute Gasteiger partial charge is 0.212 e. The summed E-state index contributed by atoms with van der Waals surface area (Å²) in [5, 5.41) is 0.878. The van der Waals surface area contributed by atoms with Gasteiger partial charge in [-0.05, 0) is 6.42 Å². The van der Waals surface area contributed by atoms with E-state index in [4.69, 9.17) is 0 Å². The first-order valence-electron chi connectivity index (χ1n) is 2.53. The second kappa shape index (κ2) is 3.63. The zero-order valence-electron chi connectivity index (χ0n) is 5.13. The predicted octanol–water partition coefficient (Wildman–Crippen LogP) is 0.273. The summed E-state index contributed by atoms with van der Waals surface area (Å²) in [5.74, 6) is 0. The second-order valence-corrected chi connectivity index (χ2v) is 3.17. The summed E-state index contributed by atoms with van der Waals surface area (Å²) in [6.45, 7) is 6.95. The third-order valence-corrected chi connectivity index (χ3v) is 1.74. The molecule has 0 aromatic heterocycles. The third kappa shape index (κ3) is 4.17. The van der Waals surface area contributed by atoms with Crippen molar-refractivity contribution in [1.29, 1.82) is 0 Å². The molecule has 3 nitrogen and oxygen atoms in total. The SMILES string of the molecule is [CH2]CCNS(=O)(=O)C=C. The molecule has 0 rings (SSSR count). The summed E-state index contributed by atoms with van der Waals surface area (Å²) in [6, 6.07) is 0. The molecule has 4 heteroatoms. The Kier molecular flexibility index (Phi) is 3.49. The van der Waals surface area contributed by atoms with Crippen LogP contribution >= 0.6 is 0 Å². The van der Waals surface area contributed by atoms with Gasteiger partial charge in [0.1, 0.15) is 0 Å². The van der Waals surface area contributed by atoms with Gasteiger partial charge < -0.3 is 0 Å². The van der Waals surface area contributed by atoms with E-state index in [-0.39, 0.29) is 0 Å². The van der Waals surface area contributed by atoms with Gasteiger partial charge in [0.15, 0.2) is 0 Å². The van der Waals surface area contributed by atoms with E-state index in [2.05, 4.69) is 18.2 Å². The van der Waals surface area contributed by atoms with Crippen molar-refractivity contribution in [3.8, 4) is 0 Å². The molecule has 9 heavy (non-hydrogen) atoms. The zero-order valence-corrected chi connectivity index (χ0v) is 5.95. The Hall–Kier alpha value is -0.350. The molecule has 1 N–H and O–H groups in total. The van der Waals surface area contributed by atoms with Crippen molar-refractivity contribution in [2.75, 3.05) is 6.54 Å². The summed E-state index contributed by atoms with van der Waals surface area (Å²) in [4.78, 5) is 0. The molecule has 0 aliphatic carbocycles. The van der Waals surface area contributed by atoms with Crippen LogP contribution in [0.15, 0.2) is 12.0 Å². The van der Waals surface area contributed by atoms with Crippen molar-refractivity contribution < 1.29 is 8.42 Å². The lowest BCUT2D eigenvalue weighted by Crippen LogP contribution is -2.21. The molecule has 0 aromatic carbocycles. The van der Waals surface area contributed by atoms with Crippen LogP contribution in [-0.4, -0.2) is 15.0 Å². The van der Waals surface area contributed by atoms with Crippen molar-refractivity contribution >= 4 is 10.0 Å². The van der Waals surface area contributed by atoms with Crippen LogP contribution in [-0.2, 0) is 10.0 Å². The highest BCUT2D eigenvalue weighted by Crippen LogP contribution is 1.82.